The summed E-state index contributed by atoms with van der Waals surface area (Å²) < 4.78 is 34.2. The van der Waals surface area contributed by atoms with E-state index in [1.807, 2.05) is 0 Å². The molecular weight excluding hydrogens is 824 g/mol. The fraction of sp³-hybridized carbons (Fsp3) is 0.740. The molecule has 0 radical (unpaired) electrons. The lowest BCUT2D eigenvalue weighted by Crippen LogP contribution is -2.64. The Balaban J connectivity index is 2.34. The van der Waals surface area contributed by atoms with E-state index >= 15 is 0 Å². The molecule has 0 aromatic heterocycles. The van der Waals surface area contributed by atoms with Gasteiger partial charge in [-0.3, -0.25) is 13.8 Å². The van der Waals surface area contributed by atoms with E-state index in [0.29, 0.717) is 13.0 Å². The number of allylic oxidation sites excluding steroid dienone is 12. The van der Waals surface area contributed by atoms with E-state index < -0.39 is 63.1 Å². The molecule has 6 unspecified atom stereocenters. The molecule has 0 heterocycles. The van der Waals surface area contributed by atoms with Gasteiger partial charge in [0.15, 0.2) is 0 Å². The predicted molar refractivity (Wildman–Crippen MR) is 253 cm³/mol. The lowest BCUT2D eigenvalue weighted by Gasteiger charge is -2.41. The second-order valence-electron chi connectivity index (χ2n) is 16.6. The molecule has 63 heavy (non-hydrogen) atoms. The third kappa shape index (κ3) is 32.2. The topological polar surface area (TPSA) is 192 Å². The van der Waals surface area contributed by atoms with Crippen molar-refractivity contribution in [3.8, 4) is 0 Å². The smallest absolute Gasteiger partial charge is 0.457 e. The number of esters is 1. The second-order valence-corrected chi connectivity index (χ2v) is 18.0. The minimum Gasteiger partial charge on any atom is -0.457 e. The third-order valence-electron chi connectivity index (χ3n) is 10.8. The summed E-state index contributed by atoms with van der Waals surface area (Å²) in [4.78, 5) is 23.1. The van der Waals surface area contributed by atoms with Gasteiger partial charge in [0.05, 0.1) is 13.2 Å². The number of hydrogen-bond donors (Lipinski definition) is 6. The van der Waals surface area contributed by atoms with E-state index in [1.54, 1.807) is 0 Å². The van der Waals surface area contributed by atoms with Crippen molar-refractivity contribution in [3.05, 3.63) is 72.9 Å². The lowest BCUT2D eigenvalue weighted by atomic mass is 9.85. The first-order valence-corrected chi connectivity index (χ1v) is 25.8. The number of unbranched alkanes of at least 4 members (excludes halogenated alkanes) is 16. The van der Waals surface area contributed by atoms with E-state index in [-0.39, 0.29) is 13.0 Å². The molecule has 12 nitrogen and oxygen atoms in total. The number of phosphoric acid groups is 1. The van der Waals surface area contributed by atoms with Crippen molar-refractivity contribution in [1.82, 2.24) is 0 Å². The van der Waals surface area contributed by atoms with Crippen LogP contribution >= 0.6 is 7.82 Å². The van der Waals surface area contributed by atoms with Gasteiger partial charge in [-0.15, -0.1) is 0 Å². The van der Waals surface area contributed by atoms with Gasteiger partial charge in [-0.25, -0.2) is 4.57 Å². The number of aliphatic hydroxyl groups excluding tert-OH is 5. The van der Waals surface area contributed by atoms with Crippen LogP contribution in [0, 0.1) is 0 Å². The number of carbonyl (C=O) groups excluding carboxylic acids is 1. The molecule has 6 N–H and O–H groups in total. The molecule has 1 aliphatic rings. The van der Waals surface area contributed by atoms with Gasteiger partial charge in [-0.1, -0.05) is 157 Å². The fourth-order valence-corrected chi connectivity index (χ4v) is 7.94. The lowest BCUT2D eigenvalue weighted by molar-refractivity contribution is -0.220. The van der Waals surface area contributed by atoms with Gasteiger partial charge in [0.1, 0.15) is 42.7 Å². The van der Waals surface area contributed by atoms with Crippen molar-refractivity contribution in [2.24, 2.45) is 0 Å². The second kappa shape index (κ2) is 40.1. The maximum Gasteiger partial charge on any atom is 0.472 e. The molecular formula is C50H87O12P. The molecule has 0 spiro atoms. The van der Waals surface area contributed by atoms with Crippen molar-refractivity contribution in [1.29, 1.82) is 0 Å². The van der Waals surface area contributed by atoms with E-state index in [1.165, 1.54) is 44.9 Å². The largest absolute Gasteiger partial charge is 0.472 e. The highest BCUT2D eigenvalue weighted by atomic mass is 31.2. The Hall–Kier alpha value is -2.22. The van der Waals surface area contributed by atoms with Crippen LogP contribution in [0.1, 0.15) is 174 Å². The number of aliphatic hydroxyl groups is 5. The molecule has 1 fully saturated rings. The van der Waals surface area contributed by atoms with Gasteiger partial charge in [0.25, 0.3) is 0 Å². The van der Waals surface area contributed by atoms with Crippen molar-refractivity contribution in [2.45, 2.75) is 217 Å². The highest BCUT2D eigenvalue weighted by Crippen LogP contribution is 2.47. The molecule has 0 amide bonds. The Bertz CT molecular complexity index is 1310. The van der Waals surface area contributed by atoms with Gasteiger partial charge in [-0.05, 0) is 83.5 Å². The predicted octanol–water partition coefficient (Wildman–Crippen LogP) is 10.4. The fourth-order valence-electron chi connectivity index (χ4n) is 6.96. The van der Waals surface area contributed by atoms with Crippen LogP contribution in [0.4, 0.5) is 0 Å². The number of ether oxygens (including phenoxy) is 2. The van der Waals surface area contributed by atoms with Gasteiger partial charge < -0.3 is 39.9 Å². The van der Waals surface area contributed by atoms with Crippen LogP contribution in [0.2, 0.25) is 0 Å². The molecule has 6 atom stereocenters. The summed E-state index contributed by atoms with van der Waals surface area (Å²) in [6.45, 7) is 4.08. The molecule has 13 heteroatoms. The summed E-state index contributed by atoms with van der Waals surface area (Å²) in [7, 11) is -5.03. The molecule has 0 aromatic rings. The van der Waals surface area contributed by atoms with Crippen molar-refractivity contribution >= 4 is 13.8 Å². The SMILES string of the molecule is CC/C=C\C/C=C\C/C=C\C/C=C\C/C=C\CCCCCCCCCCOCC(COP(=O)(O)OC1C(O)C(O)C(O)C(O)C1O)OC(=O)CCCCCCC/C=C\CCCCC. The van der Waals surface area contributed by atoms with Crippen LogP contribution in [0.25, 0.3) is 0 Å². The van der Waals surface area contributed by atoms with Gasteiger partial charge >= 0.3 is 13.8 Å². The monoisotopic (exact) mass is 911 g/mol. The Morgan fingerprint density at radius 3 is 1.44 bits per heavy atom. The van der Waals surface area contributed by atoms with Crippen LogP contribution in [0.15, 0.2) is 72.9 Å². The van der Waals surface area contributed by atoms with Gasteiger partial charge in [0, 0.05) is 13.0 Å². The van der Waals surface area contributed by atoms with E-state index in [9.17, 15) is 39.8 Å². The molecule has 364 valence electrons. The molecule has 0 aliphatic heterocycles. The number of carbonyl (C=O) groups is 1. The van der Waals surface area contributed by atoms with Crippen LogP contribution in [-0.2, 0) is 27.9 Å². The van der Waals surface area contributed by atoms with E-state index in [0.717, 1.165) is 103 Å². The van der Waals surface area contributed by atoms with Crippen LogP contribution in [-0.4, -0.2) is 98.9 Å². The van der Waals surface area contributed by atoms with Gasteiger partial charge in [0.2, 0.25) is 0 Å². The van der Waals surface area contributed by atoms with Gasteiger partial charge in [-0.2, -0.15) is 0 Å². The van der Waals surface area contributed by atoms with Crippen molar-refractivity contribution < 1.29 is 58.3 Å². The minimum atomic E-state index is -5.03. The Kier molecular flexibility index (Phi) is 37.4. The molecule has 1 aliphatic carbocycles. The first kappa shape index (κ1) is 58.8. The molecule has 1 rings (SSSR count). The standard InChI is InChI=1S/C50H87O12P/c1-3-5-7-9-11-13-15-17-18-19-20-21-22-23-24-25-26-27-28-30-32-34-36-38-40-59-41-43(61-44(51)39-37-35-33-31-29-16-14-12-10-8-6-4-2)42-60-63(57,58)62-50-48(55)46(53)45(52)47(54)49(50)56/h5,7,11-14,17-18,20-21,23-24,43,45-50,52-56H,3-4,6,8-10,15-16,19,22,25-42H2,1-2H3,(H,57,58)/b7-5-,13-11-,14-12-,18-17-,21-20-,24-23-. The van der Waals surface area contributed by atoms with Crippen molar-refractivity contribution in [2.75, 3.05) is 19.8 Å². The minimum absolute atomic E-state index is 0.0894. The summed E-state index contributed by atoms with van der Waals surface area (Å²) in [6, 6.07) is 0. The van der Waals surface area contributed by atoms with Crippen LogP contribution in [0.5, 0.6) is 0 Å². The molecule has 0 aromatic carbocycles. The first-order chi connectivity index (χ1) is 30.5. The molecule has 0 bridgehead atoms. The zero-order chi connectivity index (χ0) is 46.2. The Morgan fingerprint density at radius 1 is 0.524 bits per heavy atom. The zero-order valence-electron chi connectivity index (χ0n) is 38.8. The van der Waals surface area contributed by atoms with E-state index in [4.69, 9.17) is 18.5 Å². The van der Waals surface area contributed by atoms with Crippen molar-refractivity contribution in [3.63, 3.8) is 0 Å². The summed E-state index contributed by atoms with van der Waals surface area (Å²) in [5.74, 6) is -0.493. The molecule has 1 saturated carbocycles. The first-order valence-electron chi connectivity index (χ1n) is 24.3. The maximum absolute atomic E-state index is 12.8. The summed E-state index contributed by atoms with van der Waals surface area (Å²) in [5.41, 5.74) is 0. The normalized spacial score (nSPS) is 22.5. The molecule has 0 saturated heterocycles. The number of phosphoric ester groups is 1. The highest BCUT2D eigenvalue weighted by molar-refractivity contribution is 7.47. The van der Waals surface area contributed by atoms with Crippen LogP contribution < -0.4 is 0 Å². The Morgan fingerprint density at radius 2 is 0.937 bits per heavy atom. The number of hydrogen-bond acceptors (Lipinski definition) is 11. The number of rotatable bonds is 40. The Labute approximate surface area is 380 Å². The summed E-state index contributed by atoms with van der Waals surface area (Å²) in [6.07, 6.45) is 39.7. The van der Waals surface area contributed by atoms with Crippen LogP contribution in [0.3, 0.4) is 0 Å². The quantitative estimate of drug-likeness (QED) is 0.0148. The zero-order valence-corrected chi connectivity index (χ0v) is 39.7. The highest BCUT2D eigenvalue weighted by Gasteiger charge is 2.51. The summed E-state index contributed by atoms with van der Waals surface area (Å²) in [5, 5.41) is 50.2. The summed E-state index contributed by atoms with van der Waals surface area (Å²) >= 11 is 0. The average molecular weight is 911 g/mol. The average Bonchev–Trinajstić information content (AvgIpc) is 3.27. The maximum atomic E-state index is 12.8. The van der Waals surface area contributed by atoms with E-state index in [2.05, 4.69) is 86.8 Å². The third-order valence-corrected chi connectivity index (χ3v) is 11.8.